The average molecular weight is 413 g/mol. The summed E-state index contributed by atoms with van der Waals surface area (Å²) in [6.45, 7) is 9.90. The molecule has 4 aliphatic rings. The molecule has 6 heteroatoms. The first-order valence-electron chi connectivity index (χ1n) is 11.5. The van der Waals surface area contributed by atoms with Gasteiger partial charge in [0.05, 0.1) is 11.7 Å². The minimum absolute atomic E-state index is 0.135. The van der Waals surface area contributed by atoms with Crippen LogP contribution >= 0.6 is 0 Å². The van der Waals surface area contributed by atoms with Crippen LogP contribution in [0.4, 0.5) is 0 Å². The van der Waals surface area contributed by atoms with Gasteiger partial charge in [0.15, 0.2) is 0 Å². The SMILES string of the molecule is CC(CCN[C@@H](Cc1ccccc1)C(=O)O)CB1O[C@H]2C[C@@H]3C[C@@H](C3(C)C)[C@]2(C)O1. The zero-order valence-corrected chi connectivity index (χ0v) is 18.8. The van der Waals surface area contributed by atoms with Gasteiger partial charge < -0.3 is 19.7 Å². The Hall–Kier alpha value is -1.37. The summed E-state index contributed by atoms with van der Waals surface area (Å²) in [5.74, 6) is 0.958. The highest BCUT2D eigenvalue weighted by Crippen LogP contribution is 2.65. The van der Waals surface area contributed by atoms with Crippen molar-refractivity contribution in [1.82, 2.24) is 5.32 Å². The highest BCUT2D eigenvalue weighted by molar-refractivity contribution is 6.45. The normalized spacial score (nSPS) is 33.5. The van der Waals surface area contributed by atoms with Crippen LogP contribution in [0.2, 0.25) is 6.32 Å². The first kappa shape index (κ1) is 21.9. The Kier molecular flexibility index (Phi) is 6.04. The third-order valence-corrected chi connectivity index (χ3v) is 8.21. The smallest absolute Gasteiger partial charge is 0.457 e. The predicted molar refractivity (Wildman–Crippen MR) is 118 cm³/mol. The van der Waals surface area contributed by atoms with Gasteiger partial charge in [0.1, 0.15) is 6.04 Å². The number of carboxylic acids is 1. The van der Waals surface area contributed by atoms with E-state index in [4.69, 9.17) is 9.31 Å². The highest BCUT2D eigenvalue weighted by atomic mass is 16.7. The fourth-order valence-electron chi connectivity index (χ4n) is 6.10. The van der Waals surface area contributed by atoms with E-state index in [-0.39, 0.29) is 18.8 Å². The lowest BCUT2D eigenvalue weighted by molar-refractivity contribution is -0.199. The molecule has 30 heavy (non-hydrogen) atoms. The summed E-state index contributed by atoms with van der Waals surface area (Å²) < 4.78 is 12.9. The Morgan fingerprint density at radius 3 is 2.67 bits per heavy atom. The van der Waals surface area contributed by atoms with Crippen LogP contribution in [0.5, 0.6) is 0 Å². The Bertz CT molecular complexity index is 757. The van der Waals surface area contributed by atoms with Crippen molar-refractivity contribution in [1.29, 1.82) is 0 Å². The van der Waals surface area contributed by atoms with Gasteiger partial charge in [0.25, 0.3) is 0 Å². The third-order valence-electron chi connectivity index (χ3n) is 8.21. The Balaban J connectivity index is 1.23. The van der Waals surface area contributed by atoms with Crippen LogP contribution < -0.4 is 5.32 Å². The summed E-state index contributed by atoms with van der Waals surface area (Å²) in [5.41, 5.74) is 1.25. The Morgan fingerprint density at radius 1 is 1.27 bits per heavy atom. The monoisotopic (exact) mass is 413 g/mol. The van der Waals surface area contributed by atoms with Crippen molar-refractivity contribution < 1.29 is 19.2 Å². The van der Waals surface area contributed by atoms with Crippen LogP contribution in [-0.4, -0.2) is 42.5 Å². The van der Waals surface area contributed by atoms with Crippen LogP contribution in [0.3, 0.4) is 0 Å². The first-order valence-corrected chi connectivity index (χ1v) is 11.5. The average Bonchev–Trinajstić information content (AvgIpc) is 3.02. The van der Waals surface area contributed by atoms with Gasteiger partial charge in [-0.05, 0) is 74.2 Å². The van der Waals surface area contributed by atoms with E-state index in [9.17, 15) is 9.90 Å². The summed E-state index contributed by atoms with van der Waals surface area (Å²) in [5, 5.41) is 12.8. The van der Waals surface area contributed by atoms with E-state index in [1.54, 1.807) is 0 Å². The molecule has 1 aliphatic heterocycles. The second-order valence-corrected chi connectivity index (χ2v) is 10.6. The molecule has 3 aliphatic carbocycles. The maximum atomic E-state index is 11.6. The molecule has 1 aromatic carbocycles. The van der Waals surface area contributed by atoms with Gasteiger partial charge in [0, 0.05) is 0 Å². The summed E-state index contributed by atoms with van der Waals surface area (Å²) >= 11 is 0. The lowest BCUT2D eigenvalue weighted by Crippen LogP contribution is -2.65. The molecule has 164 valence electrons. The minimum atomic E-state index is -0.799. The zero-order chi connectivity index (χ0) is 21.5. The summed E-state index contributed by atoms with van der Waals surface area (Å²) in [4.78, 5) is 11.6. The molecule has 6 atom stereocenters. The molecule has 1 saturated heterocycles. The van der Waals surface area contributed by atoms with Crippen LogP contribution in [0.1, 0.15) is 52.5 Å². The van der Waals surface area contributed by atoms with E-state index in [0.29, 0.717) is 30.2 Å². The van der Waals surface area contributed by atoms with Gasteiger partial charge in [-0.15, -0.1) is 0 Å². The number of carbonyl (C=O) groups is 1. The van der Waals surface area contributed by atoms with E-state index in [1.165, 1.54) is 6.42 Å². The van der Waals surface area contributed by atoms with Crippen molar-refractivity contribution in [3.05, 3.63) is 35.9 Å². The van der Waals surface area contributed by atoms with Gasteiger partial charge in [-0.2, -0.15) is 0 Å². The molecule has 0 amide bonds. The molecule has 5 nitrogen and oxygen atoms in total. The fraction of sp³-hybridized carbons (Fsp3) is 0.708. The molecule has 0 spiro atoms. The molecular weight excluding hydrogens is 377 g/mol. The summed E-state index contributed by atoms with van der Waals surface area (Å²) in [7, 11) is -0.135. The van der Waals surface area contributed by atoms with Crippen LogP contribution in [0.15, 0.2) is 30.3 Å². The first-order chi connectivity index (χ1) is 14.2. The zero-order valence-electron chi connectivity index (χ0n) is 18.8. The number of carboxylic acid groups (broad SMARTS) is 1. The van der Waals surface area contributed by atoms with Crippen LogP contribution in [0, 0.1) is 23.2 Å². The Morgan fingerprint density at radius 2 is 2.00 bits per heavy atom. The molecule has 3 saturated carbocycles. The number of benzene rings is 1. The lowest BCUT2D eigenvalue weighted by Gasteiger charge is -2.64. The van der Waals surface area contributed by atoms with E-state index >= 15 is 0 Å². The predicted octanol–water partition coefficient (Wildman–Crippen LogP) is 4.03. The number of hydrogen-bond donors (Lipinski definition) is 2. The molecule has 1 heterocycles. The maximum Gasteiger partial charge on any atom is 0.457 e. The lowest BCUT2D eigenvalue weighted by atomic mass is 9.43. The van der Waals surface area contributed by atoms with Gasteiger partial charge in [-0.1, -0.05) is 51.1 Å². The summed E-state index contributed by atoms with van der Waals surface area (Å²) in [6, 6.07) is 9.22. The molecule has 1 unspecified atom stereocenters. The molecule has 0 aromatic heterocycles. The largest absolute Gasteiger partial charge is 0.480 e. The molecular formula is C24H36BNO4. The maximum absolute atomic E-state index is 11.6. The van der Waals surface area contributed by atoms with Crippen molar-refractivity contribution in [3.63, 3.8) is 0 Å². The number of aliphatic carboxylic acids is 1. The second kappa shape index (κ2) is 8.29. The Labute approximate surface area is 181 Å². The van der Waals surface area contributed by atoms with Gasteiger partial charge in [-0.25, -0.2) is 0 Å². The second-order valence-electron chi connectivity index (χ2n) is 10.6. The quantitative estimate of drug-likeness (QED) is 0.599. The van der Waals surface area contributed by atoms with E-state index in [0.717, 1.165) is 30.6 Å². The number of nitrogens with one attached hydrogen (secondary N) is 1. The minimum Gasteiger partial charge on any atom is -0.480 e. The number of rotatable bonds is 9. The van der Waals surface area contributed by atoms with Gasteiger partial charge in [-0.3, -0.25) is 4.79 Å². The molecule has 4 fully saturated rings. The van der Waals surface area contributed by atoms with E-state index in [1.807, 2.05) is 30.3 Å². The third kappa shape index (κ3) is 4.06. The van der Waals surface area contributed by atoms with Gasteiger partial charge >= 0.3 is 13.1 Å². The van der Waals surface area contributed by atoms with Crippen LogP contribution in [-0.2, 0) is 20.5 Å². The van der Waals surface area contributed by atoms with Crippen molar-refractivity contribution in [2.45, 2.75) is 77.4 Å². The van der Waals surface area contributed by atoms with E-state index in [2.05, 4.69) is 33.0 Å². The highest BCUT2D eigenvalue weighted by Gasteiger charge is 2.67. The van der Waals surface area contributed by atoms with Crippen molar-refractivity contribution in [2.75, 3.05) is 6.54 Å². The molecule has 1 aromatic rings. The molecule has 0 radical (unpaired) electrons. The summed E-state index contributed by atoms with van der Waals surface area (Å²) in [6.07, 6.45) is 4.88. The fourth-order valence-corrected chi connectivity index (χ4v) is 6.10. The van der Waals surface area contributed by atoms with Gasteiger partial charge in [0.2, 0.25) is 0 Å². The van der Waals surface area contributed by atoms with Crippen molar-refractivity contribution in [3.8, 4) is 0 Å². The van der Waals surface area contributed by atoms with E-state index < -0.39 is 12.0 Å². The van der Waals surface area contributed by atoms with Crippen molar-refractivity contribution >= 4 is 13.1 Å². The van der Waals surface area contributed by atoms with Crippen LogP contribution in [0.25, 0.3) is 0 Å². The molecule has 5 rings (SSSR count). The topological polar surface area (TPSA) is 67.8 Å². The number of hydrogen-bond acceptors (Lipinski definition) is 4. The van der Waals surface area contributed by atoms with Crippen molar-refractivity contribution in [2.24, 2.45) is 23.2 Å². The molecule has 2 bridgehead atoms. The standard InChI is InChI=1S/C24H36BNO4/c1-16(10-11-26-19(22(27)28)12-17-8-6-5-7-9-17)15-25-29-21-14-18-13-20(23(18,2)3)24(21,4)30-25/h5-9,16,18-21,26H,10-15H2,1-4H3,(H,27,28)/t16?,18-,19-,20-,21-,24-/m0/s1. The molecule has 2 N–H and O–H groups in total.